The van der Waals surface area contributed by atoms with E-state index in [4.69, 9.17) is 16.0 Å². The molecule has 2 heterocycles. The second kappa shape index (κ2) is 4.31. The summed E-state index contributed by atoms with van der Waals surface area (Å²) in [6.45, 7) is 2.54. The summed E-state index contributed by atoms with van der Waals surface area (Å²) in [6, 6.07) is 1.91. The Morgan fingerprint density at radius 1 is 1.40 bits per heavy atom. The van der Waals surface area contributed by atoms with Crippen molar-refractivity contribution in [3.05, 3.63) is 41.2 Å². The van der Waals surface area contributed by atoms with Crippen LogP contribution in [0, 0.1) is 6.92 Å². The molecule has 0 saturated heterocycles. The minimum Gasteiger partial charge on any atom is -0.467 e. The number of rotatable bonds is 3. The fraction of sp³-hybridized carbons (Fsp3) is 0.200. The van der Waals surface area contributed by atoms with Gasteiger partial charge in [0, 0.05) is 12.4 Å². The molecule has 0 radical (unpaired) electrons. The number of nitrogens with one attached hydrogen (secondary N) is 1. The zero-order valence-electron chi connectivity index (χ0n) is 8.20. The van der Waals surface area contributed by atoms with Gasteiger partial charge in [-0.2, -0.15) is 0 Å². The van der Waals surface area contributed by atoms with E-state index >= 15 is 0 Å². The Balaban J connectivity index is 2.06. The number of aromatic nitrogens is 2. The van der Waals surface area contributed by atoms with E-state index in [1.165, 1.54) is 0 Å². The zero-order valence-corrected chi connectivity index (χ0v) is 8.95. The Morgan fingerprint density at radius 3 is 2.87 bits per heavy atom. The molecule has 0 bridgehead atoms. The number of aryl methyl sites for hydroxylation is 1. The molecule has 78 valence electrons. The maximum Gasteiger partial charge on any atom is 0.171 e. The van der Waals surface area contributed by atoms with Crippen LogP contribution in [0.25, 0.3) is 0 Å². The molecule has 0 spiro atoms. The van der Waals surface area contributed by atoms with Crippen molar-refractivity contribution in [1.29, 1.82) is 0 Å². The Bertz CT molecular complexity index is 455. The molecule has 0 aliphatic heterocycles. The van der Waals surface area contributed by atoms with Crippen LogP contribution in [0.1, 0.15) is 11.3 Å². The number of nitrogens with zero attached hydrogens (tertiary/aromatic N) is 2. The summed E-state index contributed by atoms with van der Waals surface area (Å²) in [4.78, 5) is 7.97. The predicted octanol–water partition coefficient (Wildman–Crippen LogP) is 2.64. The van der Waals surface area contributed by atoms with E-state index < -0.39 is 0 Å². The van der Waals surface area contributed by atoms with Gasteiger partial charge in [0.2, 0.25) is 0 Å². The van der Waals surface area contributed by atoms with E-state index in [0.29, 0.717) is 17.5 Å². The van der Waals surface area contributed by atoms with Gasteiger partial charge in [0.1, 0.15) is 5.76 Å². The SMILES string of the molecule is Cc1ccoc1CNc1nccnc1Cl. The van der Waals surface area contributed by atoms with Gasteiger partial charge in [0.05, 0.1) is 12.8 Å². The summed E-state index contributed by atoms with van der Waals surface area (Å²) in [5, 5.41) is 3.42. The Kier molecular flexibility index (Phi) is 2.87. The van der Waals surface area contributed by atoms with Crippen LogP contribution < -0.4 is 5.32 Å². The molecule has 0 saturated carbocycles. The van der Waals surface area contributed by atoms with Crippen LogP contribution in [-0.4, -0.2) is 9.97 Å². The molecular formula is C10H10ClN3O. The zero-order chi connectivity index (χ0) is 10.7. The van der Waals surface area contributed by atoms with Crippen molar-refractivity contribution >= 4 is 17.4 Å². The molecule has 0 aliphatic rings. The Hall–Kier alpha value is -1.55. The predicted molar refractivity (Wildman–Crippen MR) is 57.8 cm³/mol. The minimum absolute atomic E-state index is 0.363. The average Bonchev–Trinajstić information content (AvgIpc) is 2.63. The van der Waals surface area contributed by atoms with E-state index in [9.17, 15) is 0 Å². The molecule has 0 aliphatic carbocycles. The number of anilines is 1. The molecule has 15 heavy (non-hydrogen) atoms. The van der Waals surface area contributed by atoms with E-state index in [2.05, 4.69) is 15.3 Å². The fourth-order valence-electron chi connectivity index (χ4n) is 1.19. The molecule has 4 nitrogen and oxygen atoms in total. The lowest BCUT2D eigenvalue weighted by Gasteiger charge is -2.04. The summed E-state index contributed by atoms with van der Waals surface area (Å²) in [7, 11) is 0. The lowest BCUT2D eigenvalue weighted by atomic mass is 10.3. The van der Waals surface area contributed by atoms with Gasteiger partial charge in [-0.25, -0.2) is 9.97 Å². The van der Waals surface area contributed by atoms with E-state index in [1.54, 1.807) is 18.7 Å². The summed E-state index contributed by atoms with van der Waals surface area (Å²) < 4.78 is 5.27. The van der Waals surface area contributed by atoms with Gasteiger partial charge in [-0.05, 0) is 18.6 Å². The van der Waals surface area contributed by atoms with Gasteiger partial charge in [-0.3, -0.25) is 0 Å². The van der Waals surface area contributed by atoms with Crippen molar-refractivity contribution in [2.24, 2.45) is 0 Å². The van der Waals surface area contributed by atoms with Crippen molar-refractivity contribution in [2.75, 3.05) is 5.32 Å². The lowest BCUT2D eigenvalue weighted by Crippen LogP contribution is -2.02. The number of furan rings is 1. The van der Waals surface area contributed by atoms with Crippen molar-refractivity contribution in [1.82, 2.24) is 9.97 Å². The largest absolute Gasteiger partial charge is 0.467 e. The van der Waals surface area contributed by atoms with Gasteiger partial charge in [-0.1, -0.05) is 11.6 Å². The minimum atomic E-state index is 0.363. The normalized spacial score (nSPS) is 10.3. The van der Waals surface area contributed by atoms with Crippen LogP contribution >= 0.6 is 11.6 Å². The smallest absolute Gasteiger partial charge is 0.171 e. The number of hydrogen-bond donors (Lipinski definition) is 1. The first kappa shape index (κ1) is 9.98. The van der Waals surface area contributed by atoms with Gasteiger partial charge in [0.15, 0.2) is 11.0 Å². The van der Waals surface area contributed by atoms with E-state index in [1.807, 2.05) is 13.0 Å². The second-order valence-electron chi connectivity index (χ2n) is 3.08. The van der Waals surface area contributed by atoms with Gasteiger partial charge in [0.25, 0.3) is 0 Å². The molecule has 0 atom stereocenters. The molecule has 2 aromatic rings. The summed E-state index contributed by atoms with van der Waals surface area (Å²) in [5.74, 6) is 1.44. The third-order valence-corrected chi connectivity index (χ3v) is 2.31. The quantitative estimate of drug-likeness (QED) is 0.869. The summed E-state index contributed by atoms with van der Waals surface area (Å²) in [5.41, 5.74) is 1.10. The highest BCUT2D eigenvalue weighted by Gasteiger charge is 2.04. The van der Waals surface area contributed by atoms with Gasteiger partial charge >= 0.3 is 0 Å². The first-order valence-corrected chi connectivity index (χ1v) is 4.88. The van der Waals surface area contributed by atoms with Gasteiger partial charge in [-0.15, -0.1) is 0 Å². The highest BCUT2D eigenvalue weighted by Crippen LogP contribution is 2.16. The molecule has 0 aromatic carbocycles. The summed E-state index contributed by atoms with van der Waals surface area (Å²) >= 11 is 5.84. The summed E-state index contributed by atoms with van der Waals surface area (Å²) in [6.07, 6.45) is 4.79. The first-order valence-electron chi connectivity index (χ1n) is 4.50. The van der Waals surface area contributed by atoms with Crippen LogP contribution in [0.15, 0.2) is 29.1 Å². The van der Waals surface area contributed by atoms with E-state index in [-0.39, 0.29) is 0 Å². The standard InChI is InChI=1S/C10H10ClN3O/c1-7-2-5-15-8(7)6-14-10-9(11)12-3-4-13-10/h2-5H,6H2,1H3,(H,13,14). The second-order valence-corrected chi connectivity index (χ2v) is 3.43. The van der Waals surface area contributed by atoms with E-state index in [0.717, 1.165) is 11.3 Å². The third-order valence-electron chi connectivity index (χ3n) is 2.04. The molecule has 2 rings (SSSR count). The Morgan fingerprint density at radius 2 is 2.20 bits per heavy atom. The van der Waals surface area contributed by atoms with Gasteiger partial charge < -0.3 is 9.73 Å². The highest BCUT2D eigenvalue weighted by atomic mass is 35.5. The molecule has 5 heteroatoms. The molecule has 1 N–H and O–H groups in total. The van der Waals surface area contributed by atoms with Crippen LogP contribution in [0.5, 0.6) is 0 Å². The monoisotopic (exact) mass is 223 g/mol. The number of halogens is 1. The molecular weight excluding hydrogens is 214 g/mol. The lowest BCUT2D eigenvalue weighted by molar-refractivity contribution is 0.515. The number of hydrogen-bond acceptors (Lipinski definition) is 4. The van der Waals surface area contributed by atoms with Crippen molar-refractivity contribution in [2.45, 2.75) is 13.5 Å². The maximum absolute atomic E-state index is 5.84. The maximum atomic E-state index is 5.84. The first-order chi connectivity index (χ1) is 7.27. The highest BCUT2D eigenvalue weighted by molar-refractivity contribution is 6.31. The van der Waals surface area contributed by atoms with Crippen molar-refractivity contribution in [3.63, 3.8) is 0 Å². The third kappa shape index (κ3) is 2.27. The molecule has 0 amide bonds. The van der Waals surface area contributed by atoms with Crippen LogP contribution in [0.3, 0.4) is 0 Å². The molecule has 0 fully saturated rings. The van der Waals surface area contributed by atoms with Crippen molar-refractivity contribution < 1.29 is 4.42 Å². The van der Waals surface area contributed by atoms with Crippen molar-refractivity contribution in [3.8, 4) is 0 Å². The fourth-order valence-corrected chi connectivity index (χ4v) is 1.36. The Labute approximate surface area is 92.3 Å². The van der Waals surface area contributed by atoms with Crippen LogP contribution in [0.4, 0.5) is 5.82 Å². The molecule has 0 unspecified atom stereocenters. The van der Waals surface area contributed by atoms with Crippen LogP contribution in [-0.2, 0) is 6.54 Å². The average molecular weight is 224 g/mol. The molecule has 2 aromatic heterocycles. The topological polar surface area (TPSA) is 51.0 Å². The van der Waals surface area contributed by atoms with Crippen LogP contribution in [0.2, 0.25) is 5.15 Å².